The van der Waals surface area contributed by atoms with Gasteiger partial charge in [0.05, 0.1) is 0 Å². The fourth-order valence-corrected chi connectivity index (χ4v) is 3.31. The summed E-state index contributed by atoms with van der Waals surface area (Å²) in [5.74, 6) is -0.197. The standard InChI is InChI=1S/C14H23NO3/c1-2-10-7-8-15(12(9-10)14(17)18)13(16)11-5-3-4-6-11/h10-12H,2-9H2,1H3,(H,17,18). The highest BCUT2D eigenvalue weighted by molar-refractivity contribution is 5.85. The van der Waals surface area contributed by atoms with E-state index in [-0.39, 0.29) is 11.8 Å². The van der Waals surface area contributed by atoms with Gasteiger partial charge in [-0.05, 0) is 31.6 Å². The number of hydrogen-bond acceptors (Lipinski definition) is 2. The Balaban J connectivity index is 2.05. The van der Waals surface area contributed by atoms with Gasteiger partial charge in [0.2, 0.25) is 5.91 Å². The van der Waals surface area contributed by atoms with Crippen LogP contribution in [0.5, 0.6) is 0 Å². The minimum atomic E-state index is -0.834. The van der Waals surface area contributed by atoms with Crippen molar-refractivity contribution in [2.45, 2.75) is 57.9 Å². The predicted octanol–water partition coefficient (Wildman–Crippen LogP) is 2.28. The average molecular weight is 253 g/mol. The van der Waals surface area contributed by atoms with Crippen molar-refractivity contribution in [3.05, 3.63) is 0 Å². The molecular weight excluding hydrogens is 230 g/mol. The molecule has 0 aromatic heterocycles. The SMILES string of the molecule is CCC1CCN(C(=O)C2CCCC2)C(C(=O)O)C1. The van der Waals surface area contributed by atoms with Crippen LogP contribution in [-0.4, -0.2) is 34.5 Å². The van der Waals surface area contributed by atoms with Crippen molar-refractivity contribution in [3.8, 4) is 0 Å². The van der Waals surface area contributed by atoms with Gasteiger partial charge in [0, 0.05) is 12.5 Å². The lowest BCUT2D eigenvalue weighted by molar-refractivity contribution is -0.155. The van der Waals surface area contributed by atoms with Crippen LogP contribution in [0.4, 0.5) is 0 Å². The topological polar surface area (TPSA) is 57.6 Å². The number of hydrogen-bond donors (Lipinski definition) is 1. The molecule has 4 nitrogen and oxygen atoms in total. The summed E-state index contributed by atoms with van der Waals surface area (Å²) in [5.41, 5.74) is 0. The maximum atomic E-state index is 12.4. The lowest BCUT2D eigenvalue weighted by Crippen LogP contribution is -2.51. The van der Waals surface area contributed by atoms with Crippen molar-refractivity contribution in [2.75, 3.05) is 6.54 Å². The molecule has 1 amide bonds. The van der Waals surface area contributed by atoms with Crippen molar-refractivity contribution >= 4 is 11.9 Å². The lowest BCUT2D eigenvalue weighted by Gasteiger charge is -2.38. The highest BCUT2D eigenvalue weighted by atomic mass is 16.4. The summed E-state index contributed by atoms with van der Waals surface area (Å²) in [4.78, 5) is 25.4. The van der Waals surface area contributed by atoms with Gasteiger partial charge in [0.25, 0.3) is 0 Å². The van der Waals surface area contributed by atoms with E-state index in [0.29, 0.717) is 18.9 Å². The number of carbonyl (C=O) groups excluding carboxylic acids is 1. The van der Waals surface area contributed by atoms with Gasteiger partial charge in [-0.3, -0.25) is 4.79 Å². The molecule has 18 heavy (non-hydrogen) atoms. The Morgan fingerprint density at radius 2 is 1.89 bits per heavy atom. The van der Waals surface area contributed by atoms with Crippen LogP contribution < -0.4 is 0 Å². The summed E-state index contributed by atoms with van der Waals surface area (Å²) in [6, 6.07) is -0.586. The molecule has 2 aliphatic rings. The van der Waals surface area contributed by atoms with E-state index < -0.39 is 12.0 Å². The van der Waals surface area contributed by atoms with E-state index in [1.807, 2.05) is 0 Å². The number of carbonyl (C=O) groups is 2. The van der Waals surface area contributed by atoms with Gasteiger partial charge in [-0.15, -0.1) is 0 Å². The second-order valence-electron chi connectivity index (χ2n) is 5.67. The number of aliphatic carboxylic acids is 1. The van der Waals surface area contributed by atoms with Crippen LogP contribution >= 0.6 is 0 Å². The molecule has 1 saturated carbocycles. The van der Waals surface area contributed by atoms with E-state index in [0.717, 1.165) is 38.5 Å². The van der Waals surface area contributed by atoms with Crippen LogP contribution in [0.2, 0.25) is 0 Å². The van der Waals surface area contributed by atoms with Gasteiger partial charge in [-0.25, -0.2) is 4.79 Å². The highest BCUT2D eigenvalue weighted by Gasteiger charge is 2.38. The molecular formula is C14H23NO3. The third kappa shape index (κ3) is 2.68. The molecule has 2 fully saturated rings. The molecule has 0 aromatic carbocycles. The maximum absolute atomic E-state index is 12.4. The van der Waals surface area contributed by atoms with Crippen molar-refractivity contribution in [1.29, 1.82) is 0 Å². The molecule has 2 atom stereocenters. The first-order valence-electron chi connectivity index (χ1n) is 7.16. The quantitative estimate of drug-likeness (QED) is 0.839. The van der Waals surface area contributed by atoms with Crippen LogP contribution in [-0.2, 0) is 9.59 Å². The largest absolute Gasteiger partial charge is 0.480 e. The van der Waals surface area contributed by atoms with Crippen LogP contribution in [0.15, 0.2) is 0 Å². The van der Waals surface area contributed by atoms with Gasteiger partial charge in [-0.1, -0.05) is 26.2 Å². The van der Waals surface area contributed by atoms with Gasteiger partial charge in [0.15, 0.2) is 0 Å². The molecule has 1 aliphatic heterocycles. The molecule has 1 saturated heterocycles. The summed E-state index contributed by atoms with van der Waals surface area (Å²) in [7, 11) is 0. The highest BCUT2D eigenvalue weighted by Crippen LogP contribution is 2.31. The Labute approximate surface area is 108 Å². The summed E-state index contributed by atoms with van der Waals surface area (Å²) in [5, 5.41) is 9.32. The third-order valence-electron chi connectivity index (χ3n) is 4.56. The van der Waals surface area contributed by atoms with Gasteiger partial charge >= 0.3 is 5.97 Å². The first kappa shape index (κ1) is 13.4. The second-order valence-corrected chi connectivity index (χ2v) is 5.67. The molecule has 0 spiro atoms. The van der Waals surface area contributed by atoms with E-state index in [1.165, 1.54) is 0 Å². The van der Waals surface area contributed by atoms with E-state index in [1.54, 1.807) is 4.90 Å². The van der Waals surface area contributed by atoms with Crippen LogP contribution in [0.1, 0.15) is 51.9 Å². The molecule has 102 valence electrons. The smallest absolute Gasteiger partial charge is 0.326 e. The van der Waals surface area contributed by atoms with Gasteiger partial charge < -0.3 is 10.0 Å². The number of piperidine rings is 1. The average Bonchev–Trinajstić information content (AvgIpc) is 2.91. The zero-order valence-corrected chi connectivity index (χ0v) is 11.1. The summed E-state index contributed by atoms with van der Waals surface area (Å²) in [6.07, 6.45) is 6.70. The van der Waals surface area contributed by atoms with Crippen molar-refractivity contribution < 1.29 is 14.7 Å². The lowest BCUT2D eigenvalue weighted by atomic mass is 9.88. The molecule has 1 aliphatic carbocycles. The van der Waals surface area contributed by atoms with E-state index in [2.05, 4.69) is 6.92 Å². The molecule has 1 heterocycles. The fraction of sp³-hybridized carbons (Fsp3) is 0.857. The number of rotatable bonds is 3. The summed E-state index contributed by atoms with van der Waals surface area (Å²) < 4.78 is 0. The van der Waals surface area contributed by atoms with Crippen molar-refractivity contribution in [2.24, 2.45) is 11.8 Å². The predicted molar refractivity (Wildman–Crippen MR) is 68.1 cm³/mol. The van der Waals surface area contributed by atoms with E-state index in [9.17, 15) is 14.7 Å². The Kier molecular flexibility index (Phi) is 4.25. The normalized spacial score (nSPS) is 29.5. The maximum Gasteiger partial charge on any atom is 0.326 e. The number of nitrogens with zero attached hydrogens (tertiary/aromatic N) is 1. The molecule has 0 bridgehead atoms. The fourth-order valence-electron chi connectivity index (χ4n) is 3.31. The number of likely N-dealkylation sites (tertiary alicyclic amines) is 1. The summed E-state index contributed by atoms with van der Waals surface area (Å²) in [6.45, 7) is 2.73. The van der Waals surface area contributed by atoms with Crippen LogP contribution in [0.25, 0.3) is 0 Å². The zero-order chi connectivity index (χ0) is 13.1. The first-order chi connectivity index (χ1) is 8.63. The zero-order valence-electron chi connectivity index (χ0n) is 11.1. The Morgan fingerprint density at radius 3 is 2.44 bits per heavy atom. The Bertz CT molecular complexity index is 323. The number of amides is 1. The monoisotopic (exact) mass is 253 g/mol. The van der Waals surface area contributed by atoms with Crippen molar-refractivity contribution in [3.63, 3.8) is 0 Å². The van der Waals surface area contributed by atoms with Crippen molar-refractivity contribution in [1.82, 2.24) is 4.90 Å². The number of carboxylic acids is 1. The van der Waals surface area contributed by atoms with Crippen LogP contribution in [0.3, 0.4) is 0 Å². The second kappa shape index (κ2) is 5.72. The molecule has 0 radical (unpaired) electrons. The number of carboxylic acid groups (broad SMARTS) is 1. The van der Waals surface area contributed by atoms with E-state index >= 15 is 0 Å². The third-order valence-corrected chi connectivity index (χ3v) is 4.56. The first-order valence-corrected chi connectivity index (χ1v) is 7.16. The van der Waals surface area contributed by atoms with Gasteiger partial charge in [-0.2, -0.15) is 0 Å². The molecule has 4 heteroatoms. The minimum Gasteiger partial charge on any atom is -0.480 e. The molecule has 2 rings (SSSR count). The molecule has 1 N–H and O–H groups in total. The van der Waals surface area contributed by atoms with Crippen LogP contribution in [0, 0.1) is 11.8 Å². The van der Waals surface area contributed by atoms with E-state index in [4.69, 9.17) is 0 Å². The van der Waals surface area contributed by atoms with Gasteiger partial charge in [0.1, 0.15) is 6.04 Å². The Morgan fingerprint density at radius 1 is 1.22 bits per heavy atom. The molecule has 0 aromatic rings. The molecule has 2 unspecified atom stereocenters. The minimum absolute atomic E-state index is 0.0880. The summed E-state index contributed by atoms with van der Waals surface area (Å²) >= 11 is 0. The Hall–Kier alpha value is -1.06.